The van der Waals surface area contributed by atoms with E-state index in [1.54, 1.807) is 6.20 Å². The first kappa shape index (κ1) is 9.27. The lowest BCUT2D eigenvalue weighted by molar-refractivity contribution is 0.0907. The van der Waals surface area contributed by atoms with Gasteiger partial charge in [0.25, 0.3) is 0 Å². The van der Waals surface area contributed by atoms with Gasteiger partial charge in [-0.15, -0.1) is 0 Å². The minimum absolute atomic E-state index is 0.000278. The van der Waals surface area contributed by atoms with E-state index in [0.717, 1.165) is 19.3 Å². The van der Waals surface area contributed by atoms with E-state index in [9.17, 15) is 4.79 Å². The molecule has 1 aliphatic rings. The predicted molar refractivity (Wildman–Crippen MR) is 51.7 cm³/mol. The molecular weight excluding hydrogens is 178 g/mol. The molecule has 14 heavy (non-hydrogen) atoms. The van der Waals surface area contributed by atoms with E-state index in [1.165, 1.54) is 12.4 Å². The quantitative estimate of drug-likeness (QED) is 0.721. The van der Waals surface area contributed by atoms with Gasteiger partial charge in [-0.1, -0.05) is 0 Å². The molecule has 1 aromatic heterocycles. The summed E-state index contributed by atoms with van der Waals surface area (Å²) in [7, 11) is 0. The monoisotopic (exact) mass is 191 g/mol. The first-order valence-electron chi connectivity index (χ1n) is 4.78. The summed E-state index contributed by atoms with van der Waals surface area (Å²) in [5.41, 5.74) is 6.12. The normalized spacial score (nSPS) is 18.6. The first-order chi connectivity index (χ1) is 6.70. The van der Waals surface area contributed by atoms with Gasteiger partial charge >= 0.3 is 0 Å². The molecule has 74 valence electrons. The Hall–Kier alpha value is -1.29. The maximum atomic E-state index is 11.7. The molecular formula is C10H13N3O. The molecule has 0 atom stereocenters. The number of aromatic nitrogens is 2. The van der Waals surface area contributed by atoms with Gasteiger partial charge in [-0.2, -0.15) is 0 Å². The van der Waals surface area contributed by atoms with Crippen LogP contribution in [0.15, 0.2) is 18.6 Å². The molecule has 0 bridgehead atoms. The van der Waals surface area contributed by atoms with Crippen molar-refractivity contribution >= 4 is 5.78 Å². The van der Waals surface area contributed by atoms with Gasteiger partial charge in [0.2, 0.25) is 0 Å². The number of nitrogens with zero attached hydrogens (tertiary/aromatic N) is 2. The minimum Gasteiger partial charge on any atom is -0.325 e. The number of carbonyl (C=O) groups is 1. The average Bonchev–Trinajstić information content (AvgIpc) is 2.17. The largest absolute Gasteiger partial charge is 0.325 e. The number of rotatable bonds is 3. The highest BCUT2D eigenvalue weighted by molar-refractivity contribution is 5.94. The van der Waals surface area contributed by atoms with Crippen molar-refractivity contribution in [1.82, 2.24) is 9.97 Å². The van der Waals surface area contributed by atoms with Crippen LogP contribution < -0.4 is 5.73 Å². The lowest BCUT2D eigenvalue weighted by atomic mass is 9.74. The molecule has 0 aromatic carbocycles. The van der Waals surface area contributed by atoms with Crippen molar-refractivity contribution in [3.8, 4) is 0 Å². The highest BCUT2D eigenvalue weighted by Crippen LogP contribution is 2.32. The Morgan fingerprint density at radius 3 is 2.79 bits per heavy atom. The summed E-state index contributed by atoms with van der Waals surface area (Å²) in [5.74, 6) is 0.000278. The van der Waals surface area contributed by atoms with Crippen LogP contribution in [0.4, 0.5) is 0 Å². The number of hydrogen-bond donors (Lipinski definition) is 1. The van der Waals surface area contributed by atoms with Crippen LogP contribution in [-0.4, -0.2) is 21.3 Å². The zero-order valence-corrected chi connectivity index (χ0v) is 7.94. The number of carbonyl (C=O) groups excluding carboxylic acids is 1. The molecule has 1 aromatic rings. The van der Waals surface area contributed by atoms with Crippen LogP contribution in [0.25, 0.3) is 0 Å². The number of nitrogens with two attached hydrogens (primary N) is 1. The Labute approximate surface area is 82.6 Å². The zero-order valence-electron chi connectivity index (χ0n) is 7.94. The third-order valence-electron chi connectivity index (χ3n) is 2.71. The van der Waals surface area contributed by atoms with Gasteiger partial charge in [-0.3, -0.25) is 9.78 Å². The van der Waals surface area contributed by atoms with Crippen molar-refractivity contribution in [3.05, 3.63) is 24.3 Å². The zero-order chi connectivity index (χ0) is 10.0. The summed E-state index contributed by atoms with van der Waals surface area (Å²) in [6.07, 6.45) is 7.98. The van der Waals surface area contributed by atoms with Crippen molar-refractivity contribution in [2.24, 2.45) is 5.73 Å². The van der Waals surface area contributed by atoms with Gasteiger partial charge in [-0.05, 0) is 19.3 Å². The smallest absolute Gasteiger partial charge is 0.184 e. The molecule has 0 spiro atoms. The van der Waals surface area contributed by atoms with E-state index >= 15 is 0 Å². The summed E-state index contributed by atoms with van der Waals surface area (Å²) < 4.78 is 0. The van der Waals surface area contributed by atoms with Crippen LogP contribution in [0, 0.1) is 0 Å². The molecule has 0 radical (unpaired) electrons. The highest BCUT2D eigenvalue weighted by atomic mass is 16.1. The molecule has 0 unspecified atom stereocenters. The first-order valence-corrected chi connectivity index (χ1v) is 4.78. The molecule has 4 heteroatoms. The molecule has 1 fully saturated rings. The van der Waals surface area contributed by atoms with Crippen molar-refractivity contribution in [2.75, 3.05) is 0 Å². The van der Waals surface area contributed by atoms with E-state index in [4.69, 9.17) is 5.73 Å². The summed E-state index contributed by atoms with van der Waals surface area (Å²) in [6.45, 7) is 0. The summed E-state index contributed by atoms with van der Waals surface area (Å²) in [4.78, 5) is 19.5. The SMILES string of the molecule is NC1(CC(=O)c2cnccn2)CCC1. The van der Waals surface area contributed by atoms with E-state index in [2.05, 4.69) is 9.97 Å². The molecule has 1 aliphatic carbocycles. The molecule has 4 nitrogen and oxygen atoms in total. The Morgan fingerprint density at radius 1 is 1.50 bits per heavy atom. The Morgan fingerprint density at radius 2 is 2.29 bits per heavy atom. The Bertz CT molecular complexity index is 332. The van der Waals surface area contributed by atoms with Crippen LogP contribution in [0.2, 0.25) is 0 Å². The van der Waals surface area contributed by atoms with Gasteiger partial charge in [0.15, 0.2) is 5.78 Å². The number of Topliss-reactive ketones (excluding diaryl/α,β-unsaturated/α-hetero) is 1. The van der Waals surface area contributed by atoms with Gasteiger partial charge in [0.05, 0.1) is 6.20 Å². The Kier molecular flexibility index (Phi) is 2.29. The molecule has 1 heterocycles. The van der Waals surface area contributed by atoms with Gasteiger partial charge < -0.3 is 5.73 Å². The van der Waals surface area contributed by atoms with E-state index < -0.39 is 0 Å². The maximum Gasteiger partial charge on any atom is 0.184 e. The third-order valence-corrected chi connectivity index (χ3v) is 2.71. The van der Waals surface area contributed by atoms with Crippen molar-refractivity contribution < 1.29 is 4.79 Å². The predicted octanol–water partition coefficient (Wildman–Crippen LogP) is 0.931. The van der Waals surface area contributed by atoms with Crippen LogP contribution >= 0.6 is 0 Å². The van der Waals surface area contributed by atoms with E-state index in [-0.39, 0.29) is 11.3 Å². The highest BCUT2D eigenvalue weighted by Gasteiger charge is 2.35. The second-order valence-electron chi connectivity index (χ2n) is 3.91. The second kappa shape index (κ2) is 3.46. The summed E-state index contributed by atoms with van der Waals surface area (Å²) in [6, 6.07) is 0. The molecule has 0 saturated heterocycles. The van der Waals surface area contributed by atoms with Crippen LogP contribution in [-0.2, 0) is 0 Å². The average molecular weight is 191 g/mol. The fourth-order valence-electron chi connectivity index (χ4n) is 1.66. The van der Waals surface area contributed by atoms with Crippen molar-refractivity contribution in [1.29, 1.82) is 0 Å². The standard InChI is InChI=1S/C10H13N3O/c11-10(2-1-3-10)6-9(14)8-7-12-4-5-13-8/h4-5,7H,1-3,6,11H2. The van der Waals surface area contributed by atoms with Gasteiger partial charge in [-0.25, -0.2) is 4.98 Å². The lowest BCUT2D eigenvalue weighted by Crippen LogP contribution is -2.48. The molecule has 0 aliphatic heterocycles. The van der Waals surface area contributed by atoms with Gasteiger partial charge in [0, 0.05) is 24.4 Å². The fraction of sp³-hybridized carbons (Fsp3) is 0.500. The molecule has 2 N–H and O–H groups in total. The van der Waals surface area contributed by atoms with Crippen molar-refractivity contribution in [3.63, 3.8) is 0 Å². The topological polar surface area (TPSA) is 68.9 Å². The van der Waals surface area contributed by atoms with E-state index in [0.29, 0.717) is 12.1 Å². The maximum absolute atomic E-state index is 11.7. The molecule has 0 amide bonds. The van der Waals surface area contributed by atoms with Crippen LogP contribution in [0.3, 0.4) is 0 Å². The third kappa shape index (κ3) is 1.80. The minimum atomic E-state index is -0.269. The van der Waals surface area contributed by atoms with Crippen LogP contribution in [0.5, 0.6) is 0 Å². The lowest BCUT2D eigenvalue weighted by Gasteiger charge is -2.37. The second-order valence-corrected chi connectivity index (χ2v) is 3.91. The number of hydrogen-bond acceptors (Lipinski definition) is 4. The Balaban J connectivity index is 2.03. The number of ketones is 1. The van der Waals surface area contributed by atoms with E-state index in [1.807, 2.05) is 0 Å². The summed E-state index contributed by atoms with van der Waals surface area (Å²) >= 11 is 0. The summed E-state index contributed by atoms with van der Waals surface area (Å²) in [5, 5.41) is 0. The van der Waals surface area contributed by atoms with Gasteiger partial charge in [0.1, 0.15) is 5.69 Å². The molecule has 2 rings (SSSR count). The fourth-order valence-corrected chi connectivity index (χ4v) is 1.66. The van der Waals surface area contributed by atoms with Crippen LogP contribution in [0.1, 0.15) is 36.2 Å². The van der Waals surface area contributed by atoms with Crippen molar-refractivity contribution in [2.45, 2.75) is 31.2 Å². The molecule has 1 saturated carbocycles.